The number of pyridine rings is 1. The van der Waals surface area contributed by atoms with E-state index in [1.807, 2.05) is 6.07 Å². The summed E-state index contributed by atoms with van der Waals surface area (Å²) < 4.78 is 0. The second-order valence-corrected chi connectivity index (χ2v) is 7.25. The van der Waals surface area contributed by atoms with Crippen LogP contribution in [0.1, 0.15) is 20.8 Å². The molecule has 1 amide bonds. The van der Waals surface area contributed by atoms with Gasteiger partial charge in [0, 0.05) is 38.9 Å². The molecule has 0 unspecified atom stereocenters. The lowest BCUT2D eigenvalue weighted by Gasteiger charge is -2.37. The molecule has 1 fully saturated rings. The summed E-state index contributed by atoms with van der Waals surface area (Å²) in [6, 6.07) is 3.63. The predicted octanol–water partition coefficient (Wildman–Crippen LogP) is 1.04. The summed E-state index contributed by atoms with van der Waals surface area (Å²) in [5.74, 6) is -0.0128. The molecule has 128 valence electrons. The molecular weight excluding hydrogens is 292 g/mol. The third-order valence-corrected chi connectivity index (χ3v) is 4.21. The zero-order chi connectivity index (χ0) is 16.9. The number of nitrogens with one attached hydrogen (secondary N) is 1. The molecule has 6 nitrogen and oxygen atoms in total. The minimum absolute atomic E-state index is 0.0128. The fourth-order valence-electron chi connectivity index (χ4n) is 2.49. The smallest absolute Gasteiger partial charge is 0.238 e. The molecule has 1 aromatic rings. The average molecular weight is 320 g/mol. The number of nitrogens with zero attached hydrogens (tertiary/aromatic N) is 3. The van der Waals surface area contributed by atoms with Crippen molar-refractivity contribution in [2.75, 3.05) is 44.6 Å². The Morgan fingerprint density at radius 2 is 1.96 bits per heavy atom. The Labute approximate surface area is 138 Å². The molecule has 0 radical (unpaired) electrons. The Morgan fingerprint density at radius 1 is 1.30 bits per heavy atom. The maximum atomic E-state index is 12.0. The molecular formula is C17H28N4O2. The van der Waals surface area contributed by atoms with E-state index in [1.165, 1.54) is 0 Å². The number of carbonyl (C=O) groups excluding carboxylic acids is 1. The molecule has 0 spiro atoms. The number of aromatic nitrogens is 1. The minimum atomic E-state index is -0.331. The maximum Gasteiger partial charge on any atom is 0.238 e. The van der Waals surface area contributed by atoms with Crippen molar-refractivity contribution in [1.29, 1.82) is 0 Å². The number of hydrogen-bond acceptors (Lipinski definition) is 5. The van der Waals surface area contributed by atoms with Crippen molar-refractivity contribution in [2.24, 2.45) is 5.41 Å². The molecule has 0 bridgehead atoms. The Balaban J connectivity index is 1.71. The standard InChI is InChI=1S/C17H28N4O2/c1-17(2,3)15(22)12-20-7-9-21(10-8-20)13-16(23)19-14-5-4-6-18-11-14/h4-6,11,15,22H,7-10,12-13H2,1-3H3,(H,19,23)/t15-/m1/s1. The molecule has 1 aliphatic heterocycles. The molecule has 2 heterocycles. The van der Waals surface area contributed by atoms with Crippen LogP contribution in [0.15, 0.2) is 24.5 Å². The molecule has 0 aliphatic carbocycles. The van der Waals surface area contributed by atoms with E-state index in [2.05, 4.69) is 40.9 Å². The van der Waals surface area contributed by atoms with Crippen LogP contribution in [0.25, 0.3) is 0 Å². The van der Waals surface area contributed by atoms with Crippen molar-refractivity contribution in [2.45, 2.75) is 26.9 Å². The summed E-state index contributed by atoms with van der Waals surface area (Å²) in [5, 5.41) is 13.0. The number of rotatable bonds is 5. The molecule has 1 aliphatic rings. The first kappa shape index (κ1) is 17.8. The van der Waals surface area contributed by atoms with Crippen molar-refractivity contribution < 1.29 is 9.90 Å². The van der Waals surface area contributed by atoms with Crippen LogP contribution in [0.4, 0.5) is 5.69 Å². The first-order valence-corrected chi connectivity index (χ1v) is 8.17. The topological polar surface area (TPSA) is 68.7 Å². The predicted molar refractivity (Wildman–Crippen MR) is 91.2 cm³/mol. The fraction of sp³-hybridized carbons (Fsp3) is 0.647. The summed E-state index contributed by atoms with van der Waals surface area (Å²) in [6.45, 7) is 10.7. The van der Waals surface area contributed by atoms with Crippen LogP contribution in [-0.2, 0) is 4.79 Å². The molecule has 6 heteroatoms. The second kappa shape index (κ2) is 7.86. The lowest BCUT2D eigenvalue weighted by atomic mass is 9.89. The van der Waals surface area contributed by atoms with Crippen molar-refractivity contribution in [1.82, 2.24) is 14.8 Å². The van der Waals surface area contributed by atoms with Gasteiger partial charge in [-0.15, -0.1) is 0 Å². The Kier molecular flexibility index (Phi) is 6.10. The van der Waals surface area contributed by atoms with Gasteiger partial charge < -0.3 is 10.4 Å². The summed E-state index contributed by atoms with van der Waals surface area (Å²) in [7, 11) is 0. The third kappa shape index (κ3) is 5.89. The van der Waals surface area contributed by atoms with Gasteiger partial charge in [0.05, 0.1) is 24.5 Å². The normalized spacial score (nSPS) is 18.6. The minimum Gasteiger partial charge on any atom is -0.391 e. The monoisotopic (exact) mass is 320 g/mol. The van der Waals surface area contributed by atoms with E-state index in [0.717, 1.165) is 31.9 Å². The second-order valence-electron chi connectivity index (χ2n) is 7.25. The molecule has 1 aromatic heterocycles. The van der Waals surface area contributed by atoms with E-state index < -0.39 is 0 Å². The quantitative estimate of drug-likeness (QED) is 0.848. The van der Waals surface area contributed by atoms with Gasteiger partial charge in [0.15, 0.2) is 0 Å². The number of aliphatic hydroxyl groups excluding tert-OH is 1. The third-order valence-electron chi connectivity index (χ3n) is 4.21. The van der Waals surface area contributed by atoms with E-state index in [0.29, 0.717) is 13.1 Å². The number of amides is 1. The van der Waals surface area contributed by atoms with E-state index in [9.17, 15) is 9.90 Å². The van der Waals surface area contributed by atoms with Gasteiger partial charge in [-0.3, -0.25) is 19.6 Å². The van der Waals surface area contributed by atoms with Gasteiger partial charge in [0.2, 0.25) is 5.91 Å². The number of piperazine rings is 1. The molecule has 1 saturated heterocycles. The summed E-state index contributed by atoms with van der Waals surface area (Å²) >= 11 is 0. The Bertz CT molecular complexity index is 493. The van der Waals surface area contributed by atoms with Gasteiger partial charge >= 0.3 is 0 Å². The molecule has 2 rings (SSSR count). The van der Waals surface area contributed by atoms with Crippen LogP contribution >= 0.6 is 0 Å². The van der Waals surface area contributed by atoms with Crippen LogP contribution in [0, 0.1) is 5.41 Å². The van der Waals surface area contributed by atoms with Crippen LogP contribution in [-0.4, -0.2) is 71.2 Å². The SMILES string of the molecule is CC(C)(C)[C@H](O)CN1CCN(CC(=O)Nc2cccnc2)CC1. The van der Waals surface area contributed by atoms with Crippen molar-refractivity contribution in [3.8, 4) is 0 Å². The number of hydrogen-bond donors (Lipinski definition) is 2. The highest BCUT2D eigenvalue weighted by atomic mass is 16.3. The van der Waals surface area contributed by atoms with Gasteiger partial charge in [0.1, 0.15) is 0 Å². The zero-order valence-electron chi connectivity index (χ0n) is 14.3. The van der Waals surface area contributed by atoms with Gasteiger partial charge in [-0.25, -0.2) is 0 Å². The van der Waals surface area contributed by atoms with E-state index in [1.54, 1.807) is 18.5 Å². The highest BCUT2D eigenvalue weighted by molar-refractivity contribution is 5.92. The van der Waals surface area contributed by atoms with Crippen LogP contribution in [0.5, 0.6) is 0 Å². The van der Waals surface area contributed by atoms with Gasteiger partial charge in [-0.2, -0.15) is 0 Å². The summed E-state index contributed by atoms with van der Waals surface area (Å²) in [4.78, 5) is 20.4. The van der Waals surface area contributed by atoms with Gasteiger partial charge in [-0.05, 0) is 17.5 Å². The number of β-amino-alcohol motifs (C(OH)–C–C–N with tert-alkyl or cyclic N) is 1. The number of anilines is 1. The Morgan fingerprint density at radius 3 is 2.52 bits per heavy atom. The first-order valence-electron chi connectivity index (χ1n) is 8.17. The lowest BCUT2D eigenvalue weighted by molar-refractivity contribution is -0.117. The van der Waals surface area contributed by atoms with E-state index >= 15 is 0 Å². The molecule has 0 saturated carbocycles. The molecule has 2 N–H and O–H groups in total. The average Bonchev–Trinajstić information content (AvgIpc) is 2.49. The van der Waals surface area contributed by atoms with Crippen LogP contribution < -0.4 is 5.32 Å². The number of carbonyl (C=O) groups is 1. The van der Waals surface area contributed by atoms with Gasteiger partial charge in [0.25, 0.3) is 0 Å². The van der Waals surface area contributed by atoms with Crippen LogP contribution in [0.3, 0.4) is 0 Å². The Hall–Kier alpha value is -1.50. The van der Waals surface area contributed by atoms with E-state index in [-0.39, 0.29) is 17.4 Å². The number of aliphatic hydroxyl groups is 1. The summed E-state index contributed by atoms with van der Waals surface area (Å²) in [5.41, 5.74) is 0.630. The van der Waals surface area contributed by atoms with E-state index in [4.69, 9.17) is 0 Å². The van der Waals surface area contributed by atoms with Gasteiger partial charge in [-0.1, -0.05) is 20.8 Å². The molecule has 1 atom stereocenters. The zero-order valence-corrected chi connectivity index (χ0v) is 14.3. The molecule has 23 heavy (non-hydrogen) atoms. The highest BCUT2D eigenvalue weighted by Gasteiger charge is 2.26. The fourth-order valence-corrected chi connectivity index (χ4v) is 2.49. The van der Waals surface area contributed by atoms with Crippen molar-refractivity contribution in [3.63, 3.8) is 0 Å². The van der Waals surface area contributed by atoms with Crippen molar-refractivity contribution >= 4 is 11.6 Å². The first-order chi connectivity index (χ1) is 10.8. The summed E-state index contributed by atoms with van der Waals surface area (Å²) in [6.07, 6.45) is 2.99. The maximum absolute atomic E-state index is 12.0. The van der Waals surface area contributed by atoms with Crippen molar-refractivity contribution in [3.05, 3.63) is 24.5 Å². The van der Waals surface area contributed by atoms with Crippen LogP contribution in [0.2, 0.25) is 0 Å². The largest absolute Gasteiger partial charge is 0.391 e. The molecule has 0 aromatic carbocycles. The lowest BCUT2D eigenvalue weighted by Crippen LogP contribution is -2.51. The highest BCUT2D eigenvalue weighted by Crippen LogP contribution is 2.20.